The quantitative estimate of drug-likeness (QED) is 0.554. The largest absolute Gasteiger partial charge is 0.469 e. The maximum atomic E-state index is 5.68. The zero-order chi connectivity index (χ0) is 13.2. The highest BCUT2D eigenvalue weighted by Crippen LogP contribution is 2.23. The summed E-state index contributed by atoms with van der Waals surface area (Å²) in [6.45, 7) is 2.07. The van der Waals surface area contributed by atoms with Crippen molar-refractivity contribution in [3.05, 3.63) is 47.1 Å². The van der Waals surface area contributed by atoms with Crippen LogP contribution in [0.2, 0.25) is 0 Å². The summed E-state index contributed by atoms with van der Waals surface area (Å²) in [4.78, 5) is 5.59. The molecule has 6 heteroatoms. The highest BCUT2D eigenvalue weighted by molar-refractivity contribution is 7.15. The molecule has 0 fully saturated rings. The number of rotatable bonds is 5. The van der Waals surface area contributed by atoms with Crippen LogP contribution in [0.25, 0.3) is 4.96 Å². The van der Waals surface area contributed by atoms with Crippen molar-refractivity contribution in [3.8, 4) is 0 Å². The van der Waals surface area contributed by atoms with Crippen molar-refractivity contribution < 1.29 is 4.42 Å². The van der Waals surface area contributed by atoms with Gasteiger partial charge in [0.15, 0.2) is 4.96 Å². The molecule has 1 unspecified atom stereocenters. The van der Waals surface area contributed by atoms with Gasteiger partial charge in [0, 0.05) is 36.2 Å². The summed E-state index contributed by atoms with van der Waals surface area (Å²) in [6.07, 6.45) is 7.37. The molecule has 0 saturated carbocycles. The third-order valence-corrected chi connectivity index (χ3v) is 4.00. The highest BCUT2D eigenvalue weighted by Gasteiger charge is 2.18. The van der Waals surface area contributed by atoms with Gasteiger partial charge in [-0.05, 0) is 6.07 Å². The summed E-state index contributed by atoms with van der Waals surface area (Å²) in [5, 5.41) is 2.02. The normalized spacial score (nSPS) is 13.2. The lowest BCUT2D eigenvalue weighted by atomic mass is 10.0. The maximum absolute atomic E-state index is 5.68. The van der Waals surface area contributed by atoms with Crippen LogP contribution in [0.1, 0.15) is 30.0 Å². The van der Waals surface area contributed by atoms with E-state index in [-0.39, 0.29) is 6.04 Å². The van der Waals surface area contributed by atoms with Gasteiger partial charge >= 0.3 is 0 Å². The van der Waals surface area contributed by atoms with Gasteiger partial charge in [0.1, 0.15) is 5.76 Å². The number of aromatic nitrogens is 2. The molecule has 1 atom stereocenters. The summed E-state index contributed by atoms with van der Waals surface area (Å²) in [6, 6.07) is 2.00. The fraction of sp³-hybridized carbons (Fsp3) is 0.308. The first-order valence-electron chi connectivity index (χ1n) is 6.25. The Kier molecular flexibility index (Phi) is 3.37. The lowest BCUT2D eigenvalue weighted by molar-refractivity contribution is 0.486. The molecule has 0 amide bonds. The number of aryl methyl sites for hydroxylation is 1. The predicted molar refractivity (Wildman–Crippen MR) is 74.9 cm³/mol. The molecule has 0 saturated heterocycles. The van der Waals surface area contributed by atoms with Crippen molar-refractivity contribution in [1.82, 2.24) is 14.8 Å². The number of hydrazine groups is 1. The Balaban J connectivity index is 1.85. The minimum atomic E-state index is 0.0262. The van der Waals surface area contributed by atoms with Gasteiger partial charge in [-0.15, -0.1) is 11.3 Å². The number of nitrogens with two attached hydrogens (primary N) is 1. The van der Waals surface area contributed by atoms with Gasteiger partial charge in [-0.1, -0.05) is 6.92 Å². The van der Waals surface area contributed by atoms with Gasteiger partial charge in [0.2, 0.25) is 0 Å². The molecular formula is C13H16N4OS. The molecule has 3 aromatic rings. The van der Waals surface area contributed by atoms with Gasteiger partial charge in [0.25, 0.3) is 0 Å². The second kappa shape index (κ2) is 5.16. The van der Waals surface area contributed by atoms with Gasteiger partial charge in [-0.25, -0.2) is 4.98 Å². The number of nitrogens with one attached hydrogen (secondary N) is 1. The summed E-state index contributed by atoms with van der Waals surface area (Å²) >= 11 is 1.63. The van der Waals surface area contributed by atoms with Crippen molar-refractivity contribution in [2.75, 3.05) is 0 Å². The Morgan fingerprint density at radius 1 is 1.58 bits per heavy atom. The Bertz CT molecular complexity index is 640. The molecule has 0 aliphatic carbocycles. The molecule has 3 rings (SSSR count). The van der Waals surface area contributed by atoms with E-state index < -0.39 is 0 Å². The first-order chi connectivity index (χ1) is 9.31. The molecule has 3 N–H and O–H groups in total. The van der Waals surface area contributed by atoms with Crippen molar-refractivity contribution in [2.45, 2.75) is 25.8 Å². The number of nitrogens with zero attached hydrogens (tertiary/aromatic N) is 2. The van der Waals surface area contributed by atoms with Crippen LogP contribution in [0.15, 0.2) is 34.5 Å². The summed E-state index contributed by atoms with van der Waals surface area (Å²) in [7, 11) is 0. The Morgan fingerprint density at radius 3 is 3.21 bits per heavy atom. The van der Waals surface area contributed by atoms with Gasteiger partial charge in [0.05, 0.1) is 18.0 Å². The molecule has 0 aromatic carbocycles. The van der Waals surface area contributed by atoms with Crippen molar-refractivity contribution in [3.63, 3.8) is 0 Å². The van der Waals surface area contributed by atoms with Crippen LogP contribution in [0.3, 0.4) is 0 Å². The number of furan rings is 1. The molecule has 0 radical (unpaired) electrons. The summed E-state index contributed by atoms with van der Waals surface area (Å²) in [5.41, 5.74) is 5.00. The first-order valence-corrected chi connectivity index (χ1v) is 7.13. The summed E-state index contributed by atoms with van der Waals surface area (Å²) < 4.78 is 7.49. The average Bonchev–Trinajstić information content (AvgIpc) is 3.10. The van der Waals surface area contributed by atoms with Gasteiger partial charge in [-0.2, -0.15) is 0 Å². The maximum Gasteiger partial charge on any atom is 0.193 e. The van der Waals surface area contributed by atoms with E-state index in [1.807, 2.05) is 28.2 Å². The van der Waals surface area contributed by atoms with Gasteiger partial charge < -0.3 is 4.42 Å². The van der Waals surface area contributed by atoms with Crippen LogP contribution in [-0.2, 0) is 12.8 Å². The molecule has 0 aliphatic rings. The summed E-state index contributed by atoms with van der Waals surface area (Å²) in [5.74, 6) is 6.66. The number of hydrogen-bond acceptors (Lipinski definition) is 5. The number of thiazole rings is 1. The SMILES string of the molecule is CCc1occc1C(Cc1cn2ccsc2n1)NN. The fourth-order valence-corrected chi connectivity index (χ4v) is 3.01. The number of imidazole rings is 1. The molecule has 0 bridgehead atoms. The second-order valence-electron chi connectivity index (χ2n) is 4.40. The monoisotopic (exact) mass is 276 g/mol. The molecule has 0 spiro atoms. The molecule has 19 heavy (non-hydrogen) atoms. The van der Waals surface area contributed by atoms with Crippen LogP contribution < -0.4 is 11.3 Å². The third-order valence-electron chi connectivity index (χ3n) is 3.23. The third kappa shape index (κ3) is 2.30. The fourth-order valence-electron chi connectivity index (χ4n) is 2.29. The Morgan fingerprint density at radius 2 is 2.47 bits per heavy atom. The molecule has 5 nitrogen and oxygen atoms in total. The van der Waals surface area contributed by atoms with E-state index in [0.29, 0.717) is 0 Å². The van der Waals surface area contributed by atoms with Crippen LogP contribution >= 0.6 is 11.3 Å². The molecule has 3 heterocycles. The van der Waals surface area contributed by atoms with E-state index in [1.165, 1.54) is 0 Å². The predicted octanol–water partition coefficient (Wildman–Crippen LogP) is 2.30. The number of hydrogen-bond donors (Lipinski definition) is 2. The van der Waals surface area contributed by atoms with Crippen molar-refractivity contribution in [1.29, 1.82) is 0 Å². The van der Waals surface area contributed by atoms with Gasteiger partial charge in [-0.3, -0.25) is 15.7 Å². The Hall–Kier alpha value is -1.63. The zero-order valence-electron chi connectivity index (χ0n) is 10.7. The lowest BCUT2D eigenvalue weighted by Crippen LogP contribution is -2.30. The van der Waals surface area contributed by atoms with Crippen molar-refractivity contribution in [2.24, 2.45) is 5.84 Å². The average molecular weight is 276 g/mol. The van der Waals surface area contributed by atoms with E-state index >= 15 is 0 Å². The molecule has 3 aromatic heterocycles. The molecule has 0 aliphatic heterocycles. The van der Waals surface area contributed by atoms with Crippen LogP contribution in [0, 0.1) is 0 Å². The van der Waals surface area contributed by atoms with Crippen LogP contribution in [0.4, 0.5) is 0 Å². The van der Waals surface area contributed by atoms with Crippen molar-refractivity contribution >= 4 is 16.3 Å². The van der Waals surface area contributed by atoms with E-state index in [2.05, 4.69) is 17.3 Å². The van der Waals surface area contributed by atoms with E-state index in [4.69, 9.17) is 10.3 Å². The van der Waals surface area contributed by atoms with E-state index in [1.54, 1.807) is 17.6 Å². The minimum Gasteiger partial charge on any atom is -0.469 e. The van der Waals surface area contributed by atoms with Crippen LogP contribution in [-0.4, -0.2) is 9.38 Å². The topological polar surface area (TPSA) is 68.5 Å². The lowest BCUT2D eigenvalue weighted by Gasteiger charge is -2.14. The zero-order valence-corrected chi connectivity index (χ0v) is 11.5. The first kappa shape index (κ1) is 12.4. The standard InChI is InChI=1S/C13H16N4OS/c1-2-12-10(3-5-18-12)11(16-14)7-9-8-17-4-6-19-13(17)15-9/h3-6,8,11,16H,2,7,14H2,1H3. The minimum absolute atomic E-state index is 0.0262. The van der Waals surface area contributed by atoms with E-state index in [9.17, 15) is 0 Å². The Labute approximate surface area is 115 Å². The molecular weight excluding hydrogens is 260 g/mol. The highest BCUT2D eigenvalue weighted by atomic mass is 32.1. The van der Waals surface area contributed by atoms with E-state index in [0.717, 1.165) is 34.8 Å². The smallest absolute Gasteiger partial charge is 0.193 e. The number of fused-ring (bicyclic) bond motifs is 1. The van der Waals surface area contributed by atoms with Crippen LogP contribution in [0.5, 0.6) is 0 Å². The second-order valence-corrected chi connectivity index (χ2v) is 5.27. The molecule has 100 valence electrons.